The molecule has 5 nitrogen and oxygen atoms in total. The van der Waals surface area contributed by atoms with Crippen molar-refractivity contribution in [1.29, 1.82) is 0 Å². The van der Waals surface area contributed by atoms with E-state index in [4.69, 9.17) is 27.5 Å². The SMILES string of the molecule is C#CCOc1ccc2c(c1)C(=CCCN1CCC(O)(c3ccc(Cl)cc3)CC1)c1cccnc1CO2. The van der Waals surface area contributed by atoms with Crippen molar-refractivity contribution in [3.63, 3.8) is 0 Å². The van der Waals surface area contributed by atoms with Crippen LogP contribution in [0.5, 0.6) is 11.5 Å². The summed E-state index contributed by atoms with van der Waals surface area (Å²) < 4.78 is 11.8. The Hall–Kier alpha value is -3.30. The van der Waals surface area contributed by atoms with E-state index >= 15 is 0 Å². The van der Waals surface area contributed by atoms with Crippen LogP contribution in [0.1, 0.15) is 41.6 Å². The largest absolute Gasteiger partial charge is 0.487 e. The third-order valence-electron chi connectivity index (χ3n) is 6.97. The second-order valence-electron chi connectivity index (χ2n) is 9.22. The van der Waals surface area contributed by atoms with E-state index in [2.05, 4.69) is 27.9 Å². The molecule has 1 fully saturated rings. The lowest BCUT2D eigenvalue weighted by molar-refractivity contribution is -0.0254. The van der Waals surface area contributed by atoms with Crippen molar-refractivity contribution < 1.29 is 14.6 Å². The molecule has 1 N–H and O–H groups in total. The zero-order valence-electron chi connectivity index (χ0n) is 20.1. The van der Waals surface area contributed by atoms with Gasteiger partial charge in [-0.05, 0) is 66.8 Å². The van der Waals surface area contributed by atoms with Crippen molar-refractivity contribution in [1.82, 2.24) is 9.88 Å². The number of likely N-dealkylation sites (tertiary alicyclic amines) is 1. The first-order valence-corrected chi connectivity index (χ1v) is 12.6. The van der Waals surface area contributed by atoms with E-state index in [9.17, 15) is 5.11 Å². The first kappa shape index (κ1) is 24.4. The molecule has 3 aromatic rings. The highest BCUT2D eigenvalue weighted by molar-refractivity contribution is 6.30. The number of nitrogens with zero attached hydrogens (tertiary/aromatic N) is 2. The summed E-state index contributed by atoms with van der Waals surface area (Å²) in [6.45, 7) is 3.21. The van der Waals surface area contributed by atoms with Gasteiger partial charge in [-0.15, -0.1) is 6.42 Å². The standard InChI is InChI=1S/C30H29ClN2O3/c1-2-19-35-24-11-12-29-27(20-24)25(26-5-3-15-32-28(26)21-36-29)6-4-16-33-17-13-30(34,14-18-33)22-7-9-23(31)10-8-22/h1,3,5-12,15,20,34H,4,13-14,16-19,21H2. The molecule has 36 heavy (non-hydrogen) atoms. The third-order valence-corrected chi connectivity index (χ3v) is 7.22. The molecule has 0 aliphatic carbocycles. The summed E-state index contributed by atoms with van der Waals surface area (Å²) >= 11 is 6.02. The van der Waals surface area contributed by atoms with Crippen molar-refractivity contribution in [3.8, 4) is 23.8 Å². The first-order chi connectivity index (χ1) is 17.6. The average Bonchev–Trinajstić information content (AvgIpc) is 3.06. The zero-order chi connectivity index (χ0) is 25.0. The highest BCUT2D eigenvalue weighted by Crippen LogP contribution is 2.39. The van der Waals surface area contributed by atoms with E-state index in [1.807, 2.05) is 48.5 Å². The van der Waals surface area contributed by atoms with Gasteiger partial charge in [0, 0.05) is 42.0 Å². The molecule has 0 atom stereocenters. The van der Waals surface area contributed by atoms with Gasteiger partial charge >= 0.3 is 0 Å². The number of rotatable bonds is 6. The lowest BCUT2D eigenvalue weighted by Crippen LogP contribution is -2.42. The van der Waals surface area contributed by atoms with Gasteiger partial charge < -0.3 is 19.5 Å². The predicted octanol–water partition coefficient (Wildman–Crippen LogP) is 5.44. The summed E-state index contributed by atoms with van der Waals surface area (Å²) in [6, 6.07) is 17.4. The quantitative estimate of drug-likeness (QED) is 0.456. The van der Waals surface area contributed by atoms with Crippen molar-refractivity contribution in [2.45, 2.75) is 31.5 Å². The van der Waals surface area contributed by atoms with Crippen LogP contribution in [-0.2, 0) is 12.2 Å². The molecule has 2 aliphatic rings. The predicted molar refractivity (Wildman–Crippen MR) is 142 cm³/mol. The van der Waals surface area contributed by atoms with Gasteiger partial charge in [-0.25, -0.2) is 0 Å². The Morgan fingerprint density at radius 3 is 2.72 bits per heavy atom. The number of hydrogen-bond acceptors (Lipinski definition) is 5. The second-order valence-corrected chi connectivity index (χ2v) is 9.66. The van der Waals surface area contributed by atoms with E-state index in [1.165, 1.54) is 0 Å². The van der Waals surface area contributed by atoms with Crippen molar-refractivity contribution in [2.75, 3.05) is 26.2 Å². The van der Waals surface area contributed by atoms with E-state index < -0.39 is 5.60 Å². The van der Waals surface area contributed by atoms with Crippen LogP contribution < -0.4 is 9.47 Å². The fourth-order valence-electron chi connectivity index (χ4n) is 4.96. The molecule has 184 valence electrons. The number of fused-ring (bicyclic) bond motifs is 2. The molecule has 6 heteroatoms. The monoisotopic (exact) mass is 500 g/mol. The minimum Gasteiger partial charge on any atom is -0.487 e. The minimum atomic E-state index is -0.795. The molecule has 0 saturated carbocycles. The van der Waals surface area contributed by atoms with Gasteiger partial charge in [0.2, 0.25) is 0 Å². The third kappa shape index (κ3) is 5.27. The summed E-state index contributed by atoms with van der Waals surface area (Å²) in [5.74, 6) is 4.04. The van der Waals surface area contributed by atoms with E-state index in [0.29, 0.717) is 30.2 Å². The fourth-order valence-corrected chi connectivity index (χ4v) is 5.08. The van der Waals surface area contributed by atoms with Crippen LogP contribution in [0.3, 0.4) is 0 Å². The highest BCUT2D eigenvalue weighted by Gasteiger charge is 2.33. The molecule has 0 bridgehead atoms. The molecule has 0 amide bonds. The van der Waals surface area contributed by atoms with Crippen molar-refractivity contribution in [2.24, 2.45) is 0 Å². The number of pyridine rings is 1. The number of piperidine rings is 1. The molecule has 2 aliphatic heterocycles. The number of benzene rings is 2. The Bertz CT molecular complexity index is 1290. The molecule has 0 spiro atoms. The van der Waals surface area contributed by atoms with Gasteiger partial charge in [-0.2, -0.15) is 0 Å². The Kier molecular flexibility index (Phi) is 7.29. The topological polar surface area (TPSA) is 54.8 Å². The number of hydrogen-bond donors (Lipinski definition) is 1. The second kappa shape index (κ2) is 10.8. The van der Waals surface area contributed by atoms with Gasteiger partial charge in [0.25, 0.3) is 0 Å². The Morgan fingerprint density at radius 2 is 1.94 bits per heavy atom. The van der Waals surface area contributed by atoms with Gasteiger partial charge in [0.05, 0.1) is 11.3 Å². The summed E-state index contributed by atoms with van der Waals surface area (Å²) in [5.41, 5.74) is 4.20. The maximum Gasteiger partial charge on any atom is 0.148 e. The van der Waals surface area contributed by atoms with Crippen molar-refractivity contribution in [3.05, 3.63) is 94.3 Å². The first-order valence-electron chi connectivity index (χ1n) is 12.2. The molecule has 0 radical (unpaired) electrons. The van der Waals surface area contributed by atoms with Crippen LogP contribution in [-0.4, -0.2) is 41.2 Å². The van der Waals surface area contributed by atoms with Crippen LogP contribution in [0.25, 0.3) is 5.57 Å². The average molecular weight is 501 g/mol. The van der Waals surface area contributed by atoms with E-state index in [-0.39, 0.29) is 6.61 Å². The summed E-state index contributed by atoms with van der Waals surface area (Å²) in [4.78, 5) is 6.97. The Labute approximate surface area is 217 Å². The molecule has 5 rings (SSSR count). The van der Waals surface area contributed by atoms with Gasteiger partial charge in [0.1, 0.15) is 24.7 Å². The van der Waals surface area contributed by atoms with Gasteiger partial charge in [-0.3, -0.25) is 4.98 Å². The molecule has 1 saturated heterocycles. The normalized spacial score (nSPS) is 17.9. The summed E-state index contributed by atoms with van der Waals surface area (Å²) in [6.07, 6.45) is 11.7. The lowest BCUT2D eigenvalue weighted by atomic mass is 9.84. The number of halogens is 1. The zero-order valence-corrected chi connectivity index (χ0v) is 20.9. The highest BCUT2D eigenvalue weighted by atomic mass is 35.5. The van der Waals surface area contributed by atoms with Crippen LogP contribution in [0.15, 0.2) is 66.9 Å². The Balaban J connectivity index is 1.32. The van der Waals surface area contributed by atoms with Crippen molar-refractivity contribution >= 4 is 17.2 Å². The number of aromatic nitrogens is 1. The summed E-state index contributed by atoms with van der Waals surface area (Å²) in [7, 11) is 0. The van der Waals surface area contributed by atoms with Crippen LogP contribution >= 0.6 is 11.6 Å². The summed E-state index contributed by atoms with van der Waals surface area (Å²) in [5, 5.41) is 11.9. The lowest BCUT2D eigenvalue weighted by Gasteiger charge is -2.38. The van der Waals surface area contributed by atoms with Crippen LogP contribution in [0.2, 0.25) is 5.02 Å². The molecule has 3 heterocycles. The molecule has 1 aromatic heterocycles. The van der Waals surface area contributed by atoms with Crippen LogP contribution in [0.4, 0.5) is 0 Å². The maximum atomic E-state index is 11.2. The number of ether oxygens (including phenoxy) is 2. The molecular formula is C30H29ClN2O3. The smallest absolute Gasteiger partial charge is 0.148 e. The maximum absolute atomic E-state index is 11.2. The molecule has 2 aromatic carbocycles. The fraction of sp³-hybridized carbons (Fsp3) is 0.300. The van der Waals surface area contributed by atoms with Crippen LogP contribution in [0, 0.1) is 12.3 Å². The Morgan fingerprint density at radius 1 is 1.14 bits per heavy atom. The number of aliphatic hydroxyl groups is 1. The molecular weight excluding hydrogens is 472 g/mol. The van der Waals surface area contributed by atoms with Gasteiger partial charge in [0.15, 0.2) is 0 Å². The van der Waals surface area contributed by atoms with Gasteiger partial charge in [-0.1, -0.05) is 41.8 Å². The number of terminal acetylenes is 1. The van der Waals surface area contributed by atoms with E-state index in [0.717, 1.165) is 59.8 Å². The minimum absolute atomic E-state index is 0.216. The molecule has 0 unspecified atom stereocenters. The van der Waals surface area contributed by atoms with E-state index in [1.54, 1.807) is 6.20 Å².